The number of rotatable bonds is 5. The summed E-state index contributed by atoms with van der Waals surface area (Å²) < 4.78 is 5.52. The highest BCUT2D eigenvalue weighted by molar-refractivity contribution is 5.88. The second-order valence-electron chi connectivity index (χ2n) is 5.30. The smallest absolute Gasteiger partial charge is 0.329 e. The molecule has 0 bridgehead atoms. The van der Waals surface area contributed by atoms with Crippen LogP contribution in [0.15, 0.2) is 18.2 Å². The molecule has 0 spiro atoms. The standard InChI is InChI=1S/C15H19NO4/c1-10-5-3-6-11(2)13(10)20-9-12(17)16-15(14(18)19)7-4-8-15/h3,5-6H,4,7-9H2,1-2H3,(H,16,17)(H,18,19). The van der Waals surface area contributed by atoms with Crippen molar-refractivity contribution >= 4 is 11.9 Å². The molecule has 1 aliphatic carbocycles. The lowest BCUT2D eigenvalue weighted by molar-refractivity contribution is -0.152. The second kappa shape index (κ2) is 5.53. The van der Waals surface area contributed by atoms with E-state index in [0.717, 1.165) is 17.5 Å². The zero-order valence-corrected chi connectivity index (χ0v) is 11.7. The average Bonchev–Trinajstić information content (AvgIpc) is 2.32. The topological polar surface area (TPSA) is 75.6 Å². The van der Waals surface area contributed by atoms with Gasteiger partial charge in [-0.1, -0.05) is 18.2 Å². The molecule has 108 valence electrons. The number of carboxylic acid groups (broad SMARTS) is 1. The molecular weight excluding hydrogens is 258 g/mol. The minimum absolute atomic E-state index is 0.166. The molecule has 0 radical (unpaired) electrons. The van der Waals surface area contributed by atoms with Crippen molar-refractivity contribution in [2.45, 2.75) is 38.6 Å². The Morgan fingerprint density at radius 2 is 1.90 bits per heavy atom. The average molecular weight is 277 g/mol. The van der Waals surface area contributed by atoms with Crippen LogP contribution >= 0.6 is 0 Å². The Labute approximate surface area is 117 Å². The Kier molecular flexibility index (Phi) is 3.97. The molecule has 1 aliphatic rings. The van der Waals surface area contributed by atoms with E-state index in [1.54, 1.807) is 0 Å². The fourth-order valence-corrected chi connectivity index (χ4v) is 2.39. The first-order chi connectivity index (χ1) is 9.44. The Bertz CT molecular complexity index is 514. The molecule has 0 atom stereocenters. The van der Waals surface area contributed by atoms with Crippen molar-refractivity contribution in [1.29, 1.82) is 0 Å². The number of ether oxygens (including phenoxy) is 1. The summed E-state index contributed by atoms with van der Waals surface area (Å²) in [5.74, 6) is -0.681. The van der Waals surface area contributed by atoms with Crippen LogP contribution in [0.4, 0.5) is 0 Å². The number of hydrogen-bond donors (Lipinski definition) is 2. The van der Waals surface area contributed by atoms with Gasteiger partial charge in [0.15, 0.2) is 6.61 Å². The first kappa shape index (κ1) is 14.4. The Balaban J connectivity index is 1.94. The highest BCUT2D eigenvalue weighted by Gasteiger charge is 2.45. The fourth-order valence-electron chi connectivity index (χ4n) is 2.39. The summed E-state index contributed by atoms with van der Waals surface area (Å²) in [5.41, 5.74) is 0.824. The van der Waals surface area contributed by atoms with Crippen LogP contribution in [-0.2, 0) is 9.59 Å². The lowest BCUT2D eigenvalue weighted by Gasteiger charge is -2.38. The Morgan fingerprint density at radius 3 is 2.35 bits per heavy atom. The third kappa shape index (κ3) is 2.76. The van der Waals surface area contributed by atoms with E-state index in [1.165, 1.54) is 0 Å². The van der Waals surface area contributed by atoms with Crippen molar-refractivity contribution in [2.75, 3.05) is 6.61 Å². The largest absolute Gasteiger partial charge is 0.483 e. The Morgan fingerprint density at radius 1 is 1.30 bits per heavy atom. The summed E-state index contributed by atoms with van der Waals surface area (Å²) in [5, 5.41) is 11.7. The summed E-state index contributed by atoms with van der Waals surface area (Å²) in [6.07, 6.45) is 1.79. The molecule has 2 N–H and O–H groups in total. The number of aliphatic carboxylic acids is 1. The SMILES string of the molecule is Cc1cccc(C)c1OCC(=O)NC1(C(=O)O)CCC1. The Hall–Kier alpha value is -2.04. The van der Waals surface area contributed by atoms with Gasteiger partial charge in [0, 0.05) is 0 Å². The highest BCUT2D eigenvalue weighted by atomic mass is 16.5. The predicted molar refractivity (Wildman–Crippen MR) is 73.8 cm³/mol. The first-order valence-corrected chi connectivity index (χ1v) is 6.68. The number of aryl methyl sites for hydroxylation is 2. The van der Waals surface area contributed by atoms with Crippen LogP contribution in [0.3, 0.4) is 0 Å². The van der Waals surface area contributed by atoms with Gasteiger partial charge in [0.25, 0.3) is 5.91 Å². The summed E-state index contributed by atoms with van der Waals surface area (Å²) in [4.78, 5) is 23.0. The zero-order valence-electron chi connectivity index (χ0n) is 11.7. The molecule has 0 unspecified atom stereocenters. The summed E-state index contributed by atoms with van der Waals surface area (Å²) >= 11 is 0. The number of amides is 1. The van der Waals surface area contributed by atoms with Gasteiger partial charge in [-0.15, -0.1) is 0 Å². The van der Waals surface area contributed by atoms with E-state index >= 15 is 0 Å². The molecule has 0 heterocycles. The maximum atomic E-state index is 11.9. The zero-order chi connectivity index (χ0) is 14.8. The number of nitrogens with one attached hydrogen (secondary N) is 1. The molecule has 1 saturated carbocycles. The molecule has 0 saturated heterocycles. The van der Waals surface area contributed by atoms with Crippen LogP contribution < -0.4 is 10.1 Å². The van der Waals surface area contributed by atoms with Crippen LogP contribution in [0.5, 0.6) is 5.75 Å². The van der Waals surface area contributed by atoms with Crippen LogP contribution in [0.25, 0.3) is 0 Å². The minimum atomic E-state index is -1.08. The highest BCUT2D eigenvalue weighted by Crippen LogP contribution is 2.32. The quantitative estimate of drug-likeness (QED) is 0.860. The third-order valence-corrected chi connectivity index (χ3v) is 3.75. The van der Waals surface area contributed by atoms with Crippen LogP contribution in [0.1, 0.15) is 30.4 Å². The van der Waals surface area contributed by atoms with Gasteiger partial charge in [0.1, 0.15) is 11.3 Å². The summed E-state index contributed by atoms with van der Waals surface area (Å²) in [6.45, 7) is 3.65. The van der Waals surface area contributed by atoms with Gasteiger partial charge in [0.05, 0.1) is 0 Å². The van der Waals surface area contributed by atoms with E-state index in [-0.39, 0.29) is 6.61 Å². The molecule has 0 aliphatic heterocycles. The van der Waals surface area contributed by atoms with E-state index in [1.807, 2.05) is 32.0 Å². The van der Waals surface area contributed by atoms with Gasteiger partial charge in [-0.25, -0.2) is 4.79 Å². The second-order valence-corrected chi connectivity index (χ2v) is 5.30. The molecule has 1 fully saturated rings. The molecule has 2 rings (SSSR count). The molecule has 1 aromatic carbocycles. The first-order valence-electron chi connectivity index (χ1n) is 6.68. The van der Waals surface area contributed by atoms with E-state index < -0.39 is 17.4 Å². The normalized spacial score (nSPS) is 16.1. The third-order valence-electron chi connectivity index (χ3n) is 3.75. The van der Waals surface area contributed by atoms with Crippen molar-refractivity contribution < 1.29 is 19.4 Å². The van der Waals surface area contributed by atoms with Gasteiger partial charge < -0.3 is 15.2 Å². The molecule has 20 heavy (non-hydrogen) atoms. The number of hydrogen-bond acceptors (Lipinski definition) is 3. The molecule has 5 heteroatoms. The van der Waals surface area contributed by atoms with E-state index in [2.05, 4.69) is 5.32 Å². The number of carbonyl (C=O) groups is 2. The molecule has 5 nitrogen and oxygen atoms in total. The van der Waals surface area contributed by atoms with Crippen molar-refractivity contribution in [3.63, 3.8) is 0 Å². The number of benzene rings is 1. The number of carbonyl (C=O) groups excluding carboxylic acids is 1. The lowest BCUT2D eigenvalue weighted by atomic mass is 9.77. The summed E-state index contributed by atoms with van der Waals surface area (Å²) in [6, 6.07) is 5.74. The summed E-state index contributed by atoms with van der Waals surface area (Å²) in [7, 11) is 0. The molecule has 0 aromatic heterocycles. The maximum absolute atomic E-state index is 11.9. The van der Waals surface area contributed by atoms with Gasteiger partial charge in [-0.2, -0.15) is 0 Å². The van der Waals surface area contributed by atoms with E-state index in [4.69, 9.17) is 9.84 Å². The molecule has 1 aromatic rings. The van der Waals surface area contributed by atoms with Crippen molar-refractivity contribution in [3.8, 4) is 5.75 Å². The molecule has 1 amide bonds. The van der Waals surface area contributed by atoms with Crippen LogP contribution in [0.2, 0.25) is 0 Å². The van der Waals surface area contributed by atoms with Crippen LogP contribution in [0, 0.1) is 13.8 Å². The number of carboxylic acids is 1. The minimum Gasteiger partial charge on any atom is -0.483 e. The fraction of sp³-hybridized carbons (Fsp3) is 0.467. The predicted octanol–water partition coefficient (Wildman–Crippen LogP) is 1.81. The van der Waals surface area contributed by atoms with Gasteiger partial charge in [0.2, 0.25) is 0 Å². The molecular formula is C15H19NO4. The van der Waals surface area contributed by atoms with Crippen molar-refractivity contribution in [2.24, 2.45) is 0 Å². The monoisotopic (exact) mass is 277 g/mol. The van der Waals surface area contributed by atoms with Gasteiger partial charge >= 0.3 is 5.97 Å². The lowest BCUT2D eigenvalue weighted by Crippen LogP contribution is -2.59. The van der Waals surface area contributed by atoms with E-state index in [9.17, 15) is 9.59 Å². The van der Waals surface area contributed by atoms with E-state index in [0.29, 0.717) is 18.6 Å². The van der Waals surface area contributed by atoms with Gasteiger partial charge in [-0.05, 0) is 44.2 Å². The van der Waals surface area contributed by atoms with Crippen molar-refractivity contribution in [1.82, 2.24) is 5.32 Å². The number of para-hydroxylation sites is 1. The van der Waals surface area contributed by atoms with Crippen LogP contribution in [-0.4, -0.2) is 29.1 Å². The van der Waals surface area contributed by atoms with Gasteiger partial charge in [-0.3, -0.25) is 4.79 Å². The van der Waals surface area contributed by atoms with Crippen molar-refractivity contribution in [3.05, 3.63) is 29.3 Å². The maximum Gasteiger partial charge on any atom is 0.329 e.